The van der Waals surface area contributed by atoms with Crippen LogP contribution in [0.25, 0.3) is 0 Å². The van der Waals surface area contributed by atoms with Crippen LogP contribution in [-0.4, -0.2) is 24.8 Å². The van der Waals surface area contributed by atoms with Gasteiger partial charge in [0.15, 0.2) is 5.78 Å². The maximum atomic E-state index is 12.7. The Labute approximate surface area is 146 Å². The zero-order chi connectivity index (χ0) is 16.6. The van der Waals surface area contributed by atoms with E-state index in [2.05, 4.69) is 0 Å². The first kappa shape index (κ1) is 16.1. The fourth-order valence-corrected chi connectivity index (χ4v) is 3.36. The molecule has 0 aromatic heterocycles. The van der Waals surface area contributed by atoms with Crippen molar-refractivity contribution in [1.29, 1.82) is 0 Å². The molecule has 0 heterocycles. The number of carbonyl (C=O) groups is 1. The van der Waals surface area contributed by atoms with Crippen molar-refractivity contribution in [3.05, 3.63) is 81.0 Å². The zero-order valence-corrected chi connectivity index (χ0v) is 14.5. The Morgan fingerprint density at radius 1 is 1.09 bits per heavy atom. The van der Waals surface area contributed by atoms with Gasteiger partial charge in [0.2, 0.25) is 0 Å². The molecule has 3 rings (SSSR count). The van der Waals surface area contributed by atoms with Crippen LogP contribution in [0.3, 0.4) is 0 Å². The molecule has 0 aliphatic heterocycles. The first-order valence-electron chi connectivity index (χ1n) is 7.43. The van der Waals surface area contributed by atoms with Gasteiger partial charge in [-0.05, 0) is 29.7 Å². The van der Waals surface area contributed by atoms with E-state index in [1.54, 1.807) is 0 Å². The maximum absolute atomic E-state index is 12.7. The van der Waals surface area contributed by atoms with Gasteiger partial charge in [-0.3, -0.25) is 4.79 Å². The molecule has 0 spiro atoms. The Kier molecular flexibility index (Phi) is 4.47. The highest BCUT2D eigenvalue weighted by Gasteiger charge is 2.30. The van der Waals surface area contributed by atoms with Crippen molar-refractivity contribution in [2.24, 2.45) is 0 Å². The van der Waals surface area contributed by atoms with Gasteiger partial charge in [-0.15, -0.1) is 0 Å². The van der Waals surface area contributed by atoms with Gasteiger partial charge in [-0.1, -0.05) is 53.5 Å². The predicted molar refractivity (Wildman–Crippen MR) is 95.5 cm³/mol. The summed E-state index contributed by atoms with van der Waals surface area (Å²) in [6.07, 6.45) is 2.56. The summed E-state index contributed by atoms with van der Waals surface area (Å²) in [4.78, 5) is 14.6. The average Bonchev–Trinajstić information content (AvgIpc) is 2.52. The molecule has 2 nitrogen and oxygen atoms in total. The third-order valence-electron chi connectivity index (χ3n) is 4.06. The van der Waals surface area contributed by atoms with E-state index in [-0.39, 0.29) is 11.7 Å². The van der Waals surface area contributed by atoms with Crippen molar-refractivity contribution in [2.75, 3.05) is 14.1 Å². The van der Waals surface area contributed by atoms with E-state index in [4.69, 9.17) is 23.2 Å². The number of carbonyl (C=O) groups excluding carboxylic acids is 1. The summed E-state index contributed by atoms with van der Waals surface area (Å²) >= 11 is 12.2. The number of ketones is 1. The van der Waals surface area contributed by atoms with Crippen LogP contribution in [0.4, 0.5) is 0 Å². The number of allylic oxidation sites excluding steroid dienone is 1. The highest BCUT2D eigenvalue weighted by molar-refractivity contribution is 6.42. The average molecular weight is 346 g/mol. The van der Waals surface area contributed by atoms with Crippen molar-refractivity contribution in [1.82, 2.24) is 4.90 Å². The second-order valence-electron chi connectivity index (χ2n) is 5.96. The Bertz CT molecular complexity index is 796. The molecule has 0 fully saturated rings. The van der Waals surface area contributed by atoms with Crippen LogP contribution >= 0.6 is 23.2 Å². The smallest absolute Gasteiger partial charge is 0.190 e. The van der Waals surface area contributed by atoms with Crippen molar-refractivity contribution in [3.63, 3.8) is 0 Å². The second-order valence-corrected chi connectivity index (χ2v) is 6.78. The summed E-state index contributed by atoms with van der Waals surface area (Å²) < 4.78 is 0. The SMILES string of the molecule is CN(C)/C=C1/CC(c2ccc(Cl)c(Cl)c2)c2ccccc2C1=O. The molecule has 4 heteroatoms. The standard InChI is InChI=1S/C19H17Cl2NO/c1-22(2)11-13-9-16(12-7-8-17(20)18(21)10-12)14-5-3-4-6-15(14)19(13)23/h3-8,10-11,16H,9H2,1-2H3/b13-11-. The van der Waals surface area contributed by atoms with Gasteiger partial charge < -0.3 is 4.90 Å². The second kappa shape index (κ2) is 6.38. The van der Waals surface area contributed by atoms with Crippen molar-refractivity contribution >= 4 is 29.0 Å². The minimum Gasteiger partial charge on any atom is -0.383 e. The molecular formula is C19H17Cl2NO. The van der Waals surface area contributed by atoms with Crippen LogP contribution < -0.4 is 0 Å². The number of benzene rings is 2. The van der Waals surface area contributed by atoms with Gasteiger partial charge in [0.25, 0.3) is 0 Å². The summed E-state index contributed by atoms with van der Waals surface area (Å²) in [5.74, 6) is 0.204. The van der Waals surface area contributed by atoms with Crippen LogP contribution in [0.15, 0.2) is 54.2 Å². The van der Waals surface area contributed by atoms with Crippen LogP contribution in [-0.2, 0) is 0 Å². The first-order valence-corrected chi connectivity index (χ1v) is 8.18. The summed E-state index contributed by atoms with van der Waals surface area (Å²) in [6.45, 7) is 0. The van der Waals surface area contributed by atoms with Crippen molar-refractivity contribution < 1.29 is 4.79 Å². The number of hydrogen-bond donors (Lipinski definition) is 0. The molecule has 1 unspecified atom stereocenters. The number of rotatable bonds is 2. The lowest BCUT2D eigenvalue weighted by atomic mass is 9.76. The number of fused-ring (bicyclic) bond motifs is 1. The largest absolute Gasteiger partial charge is 0.383 e. The summed E-state index contributed by atoms with van der Waals surface area (Å²) in [6, 6.07) is 13.5. The van der Waals surface area contributed by atoms with E-state index in [1.165, 1.54) is 0 Å². The van der Waals surface area contributed by atoms with Gasteiger partial charge in [0, 0.05) is 37.3 Å². The van der Waals surface area contributed by atoms with E-state index in [9.17, 15) is 4.79 Å². The normalized spacial score (nSPS) is 18.9. The van der Waals surface area contributed by atoms with E-state index >= 15 is 0 Å². The third-order valence-corrected chi connectivity index (χ3v) is 4.80. The van der Waals surface area contributed by atoms with Crippen molar-refractivity contribution in [3.8, 4) is 0 Å². The summed E-state index contributed by atoms with van der Waals surface area (Å²) in [5, 5.41) is 1.08. The van der Waals surface area contributed by atoms with Gasteiger partial charge >= 0.3 is 0 Å². The van der Waals surface area contributed by atoms with E-state index < -0.39 is 0 Å². The molecule has 0 saturated heterocycles. The Morgan fingerprint density at radius 3 is 2.52 bits per heavy atom. The monoisotopic (exact) mass is 345 g/mol. The molecule has 0 bridgehead atoms. The van der Waals surface area contributed by atoms with Crippen LogP contribution in [0.1, 0.15) is 33.8 Å². The summed E-state index contributed by atoms with van der Waals surface area (Å²) in [5.41, 5.74) is 3.70. The number of nitrogens with zero attached hydrogens (tertiary/aromatic N) is 1. The van der Waals surface area contributed by atoms with Crippen LogP contribution in [0.2, 0.25) is 10.0 Å². The molecule has 1 atom stereocenters. The summed E-state index contributed by atoms with van der Waals surface area (Å²) in [7, 11) is 3.85. The van der Waals surface area contributed by atoms with Gasteiger partial charge in [-0.25, -0.2) is 0 Å². The predicted octanol–water partition coefficient (Wildman–Crippen LogP) is 5.16. The van der Waals surface area contributed by atoms with E-state index in [0.29, 0.717) is 16.5 Å². The van der Waals surface area contributed by atoms with E-state index in [0.717, 1.165) is 22.3 Å². The maximum Gasteiger partial charge on any atom is 0.190 e. The highest BCUT2D eigenvalue weighted by Crippen LogP contribution is 2.40. The molecule has 2 aromatic rings. The molecule has 2 aromatic carbocycles. The quantitative estimate of drug-likeness (QED) is 0.701. The third kappa shape index (κ3) is 3.15. The first-order chi connectivity index (χ1) is 11.0. The Hall–Kier alpha value is -1.77. The number of Topliss-reactive ketones (excluding diaryl/α,β-unsaturated/α-hetero) is 1. The number of hydrogen-bond acceptors (Lipinski definition) is 2. The molecule has 0 N–H and O–H groups in total. The fraction of sp³-hybridized carbons (Fsp3) is 0.211. The molecule has 1 aliphatic carbocycles. The van der Waals surface area contributed by atoms with Gasteiger partial charge in [0.1, 0.15) is 0 Å². The zero-order valence-electron chi connectivity index (χ0n) is 13.0. The molecule has 0 amide bonds. The fourth-order valence-electron chi connectivity index (χ4n) is 3.05. The van der Waals surface area contributed by atoms with Crippen molar-refractivity contribution in [2.45, 2.75) is 12.3 Å². The molecule has 118 valence electrons. The highest BCUT2D eigenvalue weighted by atomic mass is 35.5. The lowest BCUT2D eigenvalue weighted by Crippen LogP contribution is -2.21. The van der Waals surface area contributed by atoms with Gasteiger partial charge in [-0.2, -0.15) is 0 Å². The molecule has 1 aliphatic rings. The topological polar surface area (TPSA) is 20.3 Å². The lowest BCUT2D eigenvalue weighted by Gasteiger charge is -2.28. The molecule has 23 heavy (non-hydrogen) atoms. The minimum absolute atomic E-state index is 0.102. The molecule has 0 radical (unpaired) electrons. The Balaban J connectivity index is 2.14. The van der Waals surface area contributed by atoms with Crippen LogP contribution in [0, 0.1) is 0 Å². The van der Waals surface area contributed by atoms with E-state index in [1.807, 2.05) is 67.7 Å². The van der Waals surface area contributed by atoms with Crippen LogP contribution in [0.5, 0.6) is 0 Å². The van der Waals surface area contributed by atoms with Gasteiger partial charge in [0.05, 0.1) is 10.0 Å². The minimum atomic E-state index is 0.102. The molecule has 0 saturated carbocycles. The number of halogens is 2. The molecular weight excluding hydrogens is 329 g/mol. The Morgan fingerprint density at radius 2 is 1.83 bits per heavy atom. The lowest BCUT2D eigenvalue weighted by molar-refractivity contribution is 0.102.